The van der Waals surface area contributed by atoms with Gasteiger partial charge in [0, 0.05) is 26.2 Å². The van der Waals surface area contributed by atoms with Gasteiger partial charge in [-0.1, -0.05) is 24.3 Å². The molecule has 2 heterocycles. The zero-order valence-electron chi connectivity index (χ0n) is 17.6. The van der Waals surface area contributed by atoms with Crippen LogP contribution in [0.5, 0.6) is 11.5 Å². The van der Waals surface area contributed by atoms with E-state index in [-0.39, 0.29) is 17.2 Å². The molecule has 4 rings (SSSR count). The molecule has 0 radical (unpaired) electrons. The van der Waals surface area contributed by atoms with Crippen molar-refractivity contribution < 1.29 is 19.1 Å². The normalized spacial score (nSPS) is 17.6. The van der Waals surface area contributed by atoms with Gasteiger partial charge in [-0.05, 0) is 48.2 Å². The van der Waals surface area contributed by atoms with Gasteiger partial charge in [0.25, 0.3) is 0 Å². The number of β-lactam (4-membered cyclic amide) rings is 1. The fraction of sp³-hybridized carbons (Fsp3) is 0.417. The van der Waals surface area contributed by atoms with Crippen LogP contribution in [0.1, 0.15) is 24.0 Å². The molecule has 0 bridgehead atoms. The summed E-state index contributed by atoms with van der Waals surface area (Å²) in [4.78, 5) is 29.4. The maximum absolute atomic E-state index is 12.9. The fourth-order valence-corrected chi connectivity index (χ4v) is 4.45. The smallest absolute Gasteiger partial charge is 0.231 e. The third-order valence-electron chi connectivity index (χ3n) is 6.33. The predicted octanol–water partition coefficient (Wildman–Crippen LogP) is 2.90. The summed E-state index contributed by atoms with van der Waals surface area (Å²) >= 11 is 0. The van der Waals surface area contributed by atoms with E-state index in [4.69, 9.17) is 9.47 Å². The number of piperidine rings is 1. The van der Waals surface area contributed by atoms with Crippen molar-refractivity contribution in [2.75, 3.05) is 33.9 Å². The minimum Gasteiger partial charge on any atom is -0.497 e. The molecule has 2 fully saturated rings. The molecule has 6 nitrogen and oxygen atoms in total. The van der Waals surface area contributed by atoms with Crippen molar-refractivity contribution in [1.29, 1.82) is 0 Å². The molecule has 0 unspecified atom stereocenters. The molecule has 0 N–H and O–H groups in total. The standard InChI is InChI=1S/C24H28N2O4/c1-29-20-8-6-18(7-9-20)16-26-17-24(23(26)28)10-12-25(13-11-24)22(27)15-19-4-3-5-21(14-19)30-2/h3-9,14H,10-13,15-17H2,1-2H3. The summed E-state index contributed by atoms with van der Waals surface area (Å²) in [6, 6.07) is 15.4. The van der Waals surface area contributed by atoms with E-state index in [0.29, 0.717) is 26.1 Å². The van der Waals surface area contributed by atoms with Crippen LogP contribution in [0, 0.1) is 5.41 Å². The number of carbonyl (C=O) groups excluding carboxylic acids is 2. The molecule has 158 valence electrons. The Kier molecular flexibility index (Phi) is 5.66. The van der Waals surface area contributed by atoms with E-state index in [9.17, 15) is 9.59 Å². The predicted molar refractivity (Wildman–Crippen MR) is 113 cm³/mol. The van der Waals surface area contributed by atoms with Crippen molar-refractivity contribution in [3.63, 3.8) is 0 Å². The topological polar surface area (TPSA) is 59.1 Å². The number of hydrogen-bond donors (Lipinski definition) is 0. The highest BCUT2D eigenvalue weighted by Gasteiger charge is 2.53. The zero-order chi connectivity index (χ0) is 21.1. The highest BCUT2D eigenvalue weighted by molar-refractivity contribution is 5.89. The highest BCUT2D eigenvalue weighted by Crippen LogP contribution is 2.42. The van der Waals surface area contributed by atoms with Crippen LogP contribution in [-0.2, 0) is 22.6 Å². The number of likely N-dealkylation sites (tertiary alicyclic amines) is 2. The van der Waals surface area contributed by atoms with Crippen molar-refractivity contribution >= 4 is 11.8 Å². The average molecular weight is 408 g/mol. The minimum atomic E-state index is -0.279. The first-order valence-electron chi connectivity index (χ1n) is 10.4. The number of methoxy groups -OCH3 is 2. The summed E-state index contributed by atoms with van der Waals surface area (Å²) in [7, 11) is 3.27. The molecule has 2 aromatic carbocycles. The Bertz CT molecular complexity index is 917. The van der Waals surface area contributed by atoms with Crippen LogP contribution in [-0.4, -0.2) is 55.5 Å². The Labute approximate surface area is 177 Å². The van der Waals surface area contributed by atoms with Crippen molar-refractivity contribution in [2.45, 2.75) is 25.8 Å². The average Bonchev–Trinajstić information content (AvgIpc) is 2.79. The second kappa shape index (κ2) is 8.38. The van der Waals surface area contributed by atoms with Crippen molar-refractivity contribution in [2.24, 2.45) is 5.41 Å². The second-order valence-electron chi connectivity index (χ2n) is 8.20. The molecule has 6 heteroatoms. The fourth-order valence-electron chi connectivity index (χ4n) is 4.45. The maximum atomic E-state index is 12.9. The molecule has 2 amide bonds. The lowest BCUT2D eigenvalue weighted by Crippen LogP contribution is -2.64. The van der Waals surface area contributed by atoms with Crippen LogP contribution in [0.4, 0.5) is 0 Å². The van der Waals surface area contributed by atoms with E-state index in [1.54, 1.807) is 14.2 Å². The third kappa shape index (κ3) is 3.99. The van der Waals surface area contributed by atoms with Gasteiger partial charge in [-0.15, -0.1) is 0 Å². The Morgan fingerprint density at radius 3 is 2.30 bits per heavy atom. The Morgan fingerprint density at radius 2 is 1.67 bits per heavy atom. The van der Waals surface area contributed by atoms with E-state index >= 15 is 0 Å². The molecule has 2 aromatic rings. The van der Waals surface area contributed by atoms with Crippen LogP contribution in [0.25, 0.3) is 0 Å². The first-order chi connectivity index (χ1) is 14.5. The van der Waals surface area contributed by atoms with Gasteiger partial charge in [0.15, 0.2) is 0 Å². The molecule has 2 saturated heterocycles. The first kappa shape index (κ1) is 20.3. The lowest BCUT2D eigenvalue weighted by Gasteiger charge is -2.52. The molecule has 30 heavy (non-hydrogen) atoms. The summed E-state index contributed by atoms with van der Waals surface area (Å²) in [6.07, 6.45) is 1.85. The van der Waals surface area contributed by atoms with Crippen molar-refractivity contribution in [3.8, 4) is 11.5 Å². The molecular formula is C24H28N2O4. The molecule has 0 aliphatic carbocycles. The van der Waals surface area contributed by atoms with Gasteiger partial charge in [-0.2, -0.15) is 0 Å². The van der Waals surface area contributed by atoms with E-state index in [2.05, 4.69) is 0 Å². The lowest BCUT2D eigenvalue weighted by atomic mass is 9.71. The van der Waals surface area contributed by atoms with Crippen LogP contribution < -0.4 is 9.47 Å². The van der Waals surface area contributed by atoms with Gasteiger partial charge in [0.2, 0.25) is 11.8 Å². The van der Waals surface area contributed by atoms with E-state index in [1.165, 1.54) is 0 Å². The van der Waals surface area contributed by atoms with Gasteiger partial charge in [-0.25, -0.2) is 0 Å². The summed E-state index contributed by atoms with van der Waals surface area (Å²) < 4.78 is 10.4. The number of nitrogens with zero attached hydrogens (tertiary/aromatic N) is 2. The van der Waals surface area contributed by atoms with Gasteiger partial charge < -0.3 is 19.3 Å². The number of rotatable bonds is 6. The van der Waals surface area contributed by atoms with Gasteiger partial charge in [0.1, 0.15) is 11.5 Å². The molecule has 0 saturated carbocycles. The lowest BCUT2D eigenvalue weighted by molar-refractivity contribution is -0.168. The van der Waals surface area contributed by atoms with Crippen molar-refractivity contribution in [3.05, 3.63) is 59.7 Å². The monoisotopic (exact) mass is 408 g/mol. The van der Waals surface area contributed by atoms with E-state index in [1.807, 2.05) is 58.3 Å². The molecule has 2 aliphatic heterocycles. The highest BCUT2D eigenvalue weighted by atomic mass is 16.5. The summed E-state index contributed by atoms with van der Waals surface area (Å²) in [5.74, 6) is 1.91. The molecule has 2 aliphatic rings. The van der Waals surface area contributed by atoms with Crippen LogP contribution >= 0.6 is 0 Å². The number of ether oxygens (including phenoxy) is 2. The van der Waals surface area contributed by atoms with Crippen molar-refractivity contribution in [1.82, 2.24) is 9.80 Å². The SMILES string of the molecule is COc1ccc(CN2CC3(CCN(C(=O)Cc4cccc(OC)c4)CC3)C2=O)cc1. The number of benzene rings is 2. The Balaban J connectivity index is 1.28. The van der Waals surface area contributed by atoms with Crippen LogP contribution in [0.2, 0.25) is 0 Å². The van der Waals surface area contributed by atoms with Gasteiger partial charge in [0.05, 0.1) is 26.1 Å². The number of hydrogen-bond acceptors (Lipinski definition) is 4. The number of amides is 2. The Morgan fingerprint density at radius 1 is 0.967 bits per heavy atom. The molecule has 0 atom stereocenters. The van der Waals surface area contributed by atoms with E-state index in [0.717, 1.165) is 42.0 Å². The molecule has 1 spiro atoms. The van der Waals surface area contributed by atoms with E-state index < -0.39 is 0 Å². The van der Waals surface area contributed by atoms with Crippen LogP contribution in [0.15, 0.2) is 48.5 Å². The van der Waals surface area contributed by atoms with Crippen LogP contribution in [0.3, 0.4) is 0 Å². The molecule has 0 aromatic heterocycles. The zero-order valence-corrected chi connectivity index (χ0v) is 17.6. The maximum Gasteiger partial charge on any atom is 0.231 e. The second-order valence-corrected chi connectivity index (χ2v) is 8.20. The quantitative estimate of drug-likeness (QED) is 0.690. The van der Waals surface area contributed by atoms with Gasteiger partial charge >= 0.3 is 0 Å². The Hall–Kier alpha value is -3.02. The number of carbonyl (C=O) groups is 2. The van der Waals surface area contributed by atoms with Gasteiger partial charge in [-0.3, -0.25) is 9.59 Å². The first-order valence-corrected chi connectivity index (χ1v) is 10.4. The molecular weight excluding hydrogens is 380 g/mol. The summed E-state index contributed by atoms with van der Waals surface area (Å²) in [5.41, 5.74) is 1.77. The summed E-state index contributed by atoms with van der Waals surface area (Å²) in [5, 5.41) is 0. The third-order valence-corrected chi connectivity index (χ3v) is 6.33. The minimum absolute atomic E-state index is 0.111. The summed E-state index contributed by atoms with van der Waals surface area (Å²) in [6.45, 7) is 2.69. The largest absolute Gasteiger partial charge is 0.497 e.